The summed E-state index contributed by atoms with van der Waals surface area (Å²) in [5.41, 5.74) is 1.67. The van der Waals surface area contributed by atoms with Crippen molar-refractivity contribution in [2.75, 3.05) is 6.54 Å². The zero-order valence-corrected chi connectivity index (χ0v) is 13.1. The standard InChI is InChI=1S/C16H18N2O3S/c1-12-4-7-14(8-5-12)22(20,21)18-10-2-3-15(18)13-6-9-16(19)17-11-13/h4-9,11,15H,2-3,10H2,1H3,(H,17,19)/t15-/m0/s1. The fourth-order valence-electron chi connectivity index (χ4n) is 2.84. The lowest BCUT2D eigenvalue weighted by Crippen LogP contribution is -2.31. The van der Waals surface area contributed by atoms with Crippen molar-refractivity contribution in [2.24, 2.45) is 0 Å². The van der Waals surface area contributed by atoms with Gasteiger partial charge in [-0.25, -0.2) is 8.42 Å². The van der Waals surface area contributed by atoms with Crippen molar-refractivity contribution in [1.29, 1.82) is 0 Å². The Hall–Kier alpha value is -1.92. The van der Waals surface area contributed by atoms with E-state index in [0.717, 1.165) is 24.0 Å². The van der Waals surface area contributed by atoms with Gasteiger partial charge < -0.3 is 4.98 Å². The number of aryl methyl sites for hydroxylation is 1. The molecule has 1 saturated heterocycles. The van der Waals surface area contributed by atoms with Gasteiger partial charge in [-0.1, -0.05) is 23.8 Å². The topological polar surface area (TPSA) is 70.2 Å². The number of sulfonamides is 1. The second-order valence-corrected chi connectivity index (χ2v) is 7.46. The van der Waals surface area contributed by atoms with Gasteiger partial charge in [-0.05, 0) is 37.5 Å². The van der Waals surface area contributed by atoms with Gasteiger partial charge in [0.15, 0.2) is 0 Å². The molecule has 0 saturated carbocycles. The van der Waals surface area contributed by atoms with Crippen molar-refractivity contribution in [3.05, 3.63) is 64.1 Å². The van der Waals surface area contributed by atoms with Crippen LogP contribution in [0.5, 0.6) is 0 Å². The molecule has 2 heterocycles. The average Bonchev–Trinajstić information content (AvgIpc) is 2.99. The Morgan fingerprint density at radius 2 is 1.86 bits per heavy atom. The SMILES string of the molecule is Cc1ccc(S(=O)(=O)N2CCC[C@H]2c2ccc(=O)[nH]c2)cc1. The van der Waals surface area contributed by atoms with E-state index in [4.69, 9.17) is 0 Å². The van der Waals surface area contributed by atoms with Crippen LogP contribution in [0.1, 0.15) is 30.0 Å². The fraction of sp³-hybridized carbons (Fsp3) is 0.312. The number of nitrogens with one attached hydrogen (secondary N) is 1. The molecule has 1 fully saturated rings. The van der Waals surface area contributed by atoms with Crippen LogP contribution in [-0.4, -0.2) is 24.3 Å². The monoisotopic (exact) mass is 318 g/mol. The van der Waals surface area contributed by atoms with E-state index in [2.05, 4.69) is 4.98 Å². The molecule has 0 bridgehead atoms. The van der Waals surface area contributed by atoms with Gasteiger partial charge in [-0.3, -0.25) is 4.79 Å². The maximum Gasteiger partial charge on any atom is 0.247 e. The smallest absolute Gasteiger partial charge is 0.247 e. The van der Waals surface area contributed by atoms with Gasteiger partial charge in [0, 0.05) is 18.8 Å². The first-order valence-corrected chi connectivity index (χ1v) is 8.69. The number of aromatic nitrogens is 1. The normalized spacial score (nSPS) is 19.4. The quantitative estimate of drug-likeness (QED) is 0.943. The minimum atomic E-state index is -3.52. The number of nitrogens with zero attached hydrogens (tertiary/aromatic N) is 1. The molecule has 6 heteroatoms. The molecule has 3 rings (SSSR count). The van der Waals surface area contributed by atoms with Crippen molar-refractivity contribution in [1.82, 2.24) is 9.29 Å². The number of hydrogen-bond acceptors (Lipinski definition) is 3. The number of benzene rings is 1. The van der Waals surface area contributed by atoms with Crippen molar-refractivity contribution in [3.8, 4) is 0 Å². The molecule has 0 amide bonds. The molecule has 1 aromatic carbocycles. The summed E-state index contributed by atoms with van der Waals surface area (Å²) in [5.74, 6) is 0. The zero-order chi connectivity index (χ0) is 15.7. The van der Waals surface area contributed by atoms with Gasteiger partial charge in [0.1, 0.15) is 0 Å². The molecule has 0 spiro atoms. The van der Waals surface area contributed by atoms with Crippen LogP contribution in [0.15, 0.2) is 52.3 Å². The number of aromatic amines is 1. The molecule has 1 aromatic heterocycles. The third-order valence-electron chi connectivity index (χ3n) is 4.02. The minimum Gasteiger partial charge on any atom is -0.329 e. The lowest BCUT2D eigenvalue weighted by molar-refractivity contribution is 0.396. The van der Waals surface area contributed by atoms with Crippen LogP contribution in [0.25, 0.3) is 0 Å². The van der Waals surface area contributed by atoms with E-state index in [1.807, 2.05) is 6.92 Å². The molecule has 1 aliphatic rings. The molecule has 5 nitrogen and oxygen atoms in total. The number of rotatable bonds is 3. The second-order valence-electron chi connectivity index (χ2n) is 5.57. The molecule has 0 radical (unpaired) electrons. The van der Waals surface area contributed by atoms with Gasteiger partial charge in [0.25, 0.3) is 0 Å². The Bertz CT molecular complexity index is 805. The molecule has 22 heavy (non-hydrogen) atoms. The molecule has 2 aromatic rings. The van der Waals surface area contributed by atoms with Crippen LogP contribution in [-0.2, 0) is 10.0 Å². The van der Waals surface area contributed by atoms with Crippen LogP contribution >= 0.6 is 0 Å². The highest BCUT2D eigenvalue weighted by molar-refractivity contribution is 7.89. The van der Waals surface area contributed by atoms with Crippen molar-refractivity contribution >= 4 is 10.0 Å². The summed E-state index contributed by atoms with van der Waals surface area (Å²) >= 11 is 0. The first-order valence-electron chi connectivity index (χ1n) is 7.25. The molecule has 1 N–H and O–H groups in total. The summed E-state index contributed by atoms with van der Waals surface area (Å²) in [7, 11) is -3.52. The van der Waals surface area contributed by atoms with Crippen LogP contribution in [0.2, 0.25) is 0 Å². The highest BCUT2D eigenvalue weighted by Gasteiger charge is 2.36. The summed E-state index contributed by atoms with van der Waals surface area (Å²) in [5, 5.41) is 0. The van der Waals surface area contributed by atoms with Crippen LogP contribution < -0.4 is 5.56 Å². The Morgan fingerprint density at radius 1 is 1.14 bits per heavy atom. The number of H-pyrrole nitrogens is 1. The summed E-state index contributed by atoms with van der Waals surface area (Å²) in [6, 6.07) is 9.81. The van der Waals surface area contributed by atoms with Crippen LogP contribution in [0.4, 0.5) is 0 Å². The van der Waals surface area contributed by atoms with Crippen molar-refractivity contribution in [2.45, 2.75) is 30.7 Å². The third kappa shape index (κ3) is 2.71. The molecule has 0 aliphatic carbocycles. The molecule has 1 atom stereocenters. The van der Waals surface area contributed by atoms with Crippen molar-refractivity contribution < 1.29 is 8.42 Å². The predicted molar refractivity (Wildman–Crippen MR) is 84.1 cm³/mol. The number of hydrogen-bond donors (Lipinski definition) is 1. The molecule has 0 unspecified atom stereocenters. The van der Waals surface area contributed by atoms with E-state index in [1.165, 1.54) is 10.4 Å². The van der Waals surface area contributed by atoms with E-state index in [1.54, 1.807) is 36.5 Å². The molecule has 1 aliphatic heterocycles. The summed E-state index contributed by atoms with van der Waals surface area (Å²) in [6.45, 7) is 2.43. The van der Waals surface area contributed by atoms with Crippen LogP contribution in [0, 0.1) is 6.92 Å². The van der Waals surface area contributed by atoms with Gasteiger partial charge in [0.05, 0.1) is 10.9 Å². The Kier molecular flexibility index (Phi) is 3.88. The van der Waals surface area contributed by atoms with E-state index < -0.39 is 10.0 Å². The number of pyridine rings is 1. The largest absolute Gasteiger partial charge is 0.329 e. The lowest BCUT2D eigenvalue weighted by atomic mass is 10.1. The predicted octanol–water partition coefficient (Wildman–Crippen LogP) is 2.21. The Balaban J connectivity index is 1.97. The second kappa shape index (κ2) is 5.70. The Morgan fingerprint density at radius 3 is 2.50 bits per heavy atom. The van der Waals surface area contributed by atoms with E-state index in [9.17, 15) is 13.2 Å². The fourth-order valence-corrected chi connectivity index (χ4v) is 4.52. The summed E-state index contributed by atoms with van der Waals surface area (Å²) in [4.78, 5) is 14.1. The maximum absolute atomic E-state index is 12.9. The van der Waals surface area contributed by atoms with E-state index in [-0.39, 0.29) is 11.6 Å². The average molecular weight is 318 g/mol. The van der Waals surface area contributed by atoms with E-state index in [0.29, 0.717) is 11.4 Å². The van der Waals surface area contributed by atoms with Gasteiger partial charge in [-0.15, -0.1) is 0 Å². The maximum atomic E-state index is 12.9. The highest BCUT2D eigenvalue weighted by Crippen LogP contribution is 2.35. The highest BCUT2D eigenvalue weighted by atomic mass is 32.2. The van der Waals surface area contributed by atoms with E-state index >= 15 is 0 Å². The summed E-state index contributed by atoms with van der Waals surface area (Å²) < 4.78 is 27.2. The molecular formula is C16H18N2O3S. The van der Waals surface area contributed by atoms with Gasteiger partial charge >= 0.3 is 0 Å². The Labute approximate surface area is 129 Å². The zero-order valence-electron chi connectivity index (χ0n) is 12.3. The third-order valence-corrected chi connectivity index (χ3v) is 5.95. The van der Waals surface area contributed by atoms with Crippen LogP contribution in [0.3, 0.4) is 0 Å². The summed E-state index contributed by atoms with van der Waals surface area (Å²) in [6.07, 6.45) is 3.18. The van der Waals surface area contributed by atoms with Gasteiger partial charge in [-0.2, -0.15) is 4.31 Å². The first-order chi connectivity index (χ1) is 10.5. The van der Waals surface area contributed by atoms with Crippen molar-refractivity contribution in [3.63, 3.8) is 0 Å². The first kappa shape index (κ1) is 15.0. The minimum absolute atomic E-state index is 0.185. The molecular weight excluding hydrogens is 300 g/mol. The molecule has 116 valence electrons. The van der Waals surface area contributed by atoms with Gasteiger partial charge in [0.2, 0.25) is 15.6 Å². The lowest BCUT2D eigenvalue weighted by Gasteiger charge is -2.24.